The van der Waals surface area contributed by atoms with E-state index >= 15 is 0 Å². The van der Waals surface area contributed by atoms with Gasteiger partial charge in [0.15, 0.2) is 18.5 Å². The number of halogens is 1. The Morgan fingerprint density at radius 1 is 1.08 bits per heavy atom. The third-order valence-electron chi connectivity index (χ3n) is 3.39. The average molecular weight is 360 g/mol. The van der Waals surface area contributed by atoms with Crippen LogP contribution in [0.4, 0.5) is 4.79 Å². The number of phenolic OH excluding ortho intramolecular Hbond substituents is 1. The number of phenols is 1. The van der Waals surface area contributed by atoms with Crippen molar-refractivity contribution in [2.45, 2.75) is 13.5 Å². The minimum atomic E-state index is -1.21. The number of pyridine rings is 1. The van der Waals surface area contributed by atoms with E-state index in [0.29, 0.717) is 12.3 Å². The Balaban J connectivity index is 0.000000390. The molecule has 0 bridgehead atoms. The number of hydrogen-bond donors (Lipinski definition) is 2. The van der Waals surface area contributed by atoms with E-state index in [1.54, 1.807) is 13.0 Å². The number of amides is 1. The molecule has 25 heavy (non-hydrogen) atoms. The van der Waals surface area contributed by atoms with E-state index < -0.39 is 6.09 Å². The number of nitrogens with zero attached hydrogens (tertiary/aromatic N) is 1. The van der Waals surface area contributed by atoms with Crippen molar-refractivity contribution in [2.75, 3.05) is 6.54 Å². The summed E-state index contributed by atoms with van der Waals surface area (Å²) in [7, 11) is 0. The van der Waals surface area contributed by atoms with Gasteiger partial charge in [-0.1, -0.05) is 36.4 Å². The predicted octanol–water partition coefficient (Wildman–Crippen LogP) is -1.18. The molecule has 0 spiro atoms. The Bertz CT molecular complexity index is 805. The maximum absolute atomic E-state index is 10.0. The first kappa shape index (κ1) is 20.3. The fourth-order valence-electron chi connectivity index (χ4n) is 2.38. The Kier molecular flexibility index (Phi) is 8.23. The monoisotopic (exact) mass is 359 g/mol. The van der Waals surface area contributed by atoms with Crippen LogP contribution < -0.4 is 27.4 Å². The fourth-order valence-corrected chi connectivity index (χ4v) is 2.38. The second kappa shape index (κ2) is 10.2. The smallest absolute Gasteiger partial charge is 0.254 e. The number of fused-ring (bicyclic) bond motifs is 1. The summed E-state index contributed by atoms with van der Waals surface area (Å²) >= 11 is 0. The van der Waals surface area contributed by atoms with Crippen LogP contribution in [0.25, 0.3) is 10.9 Å². The van der Waals surface area contributed by atoms with Crippen molar-refractivity contribution in [1.29, 1.82) is 0 Å². The lowest BCUT2D eigenvalue weighted by Crippen LogP contribution is -3.00. The summed E-state index contributed by atoms with van der Waals surface area (Å²) in [6.07, 6.45) is 0.784. The molecule has 3 aromatic rings. The number of para-hydroxylation sites is 1. The van der Waals surface area contributed by atoms with Crippen LogP contribution in [0.2, 0.25) is 0 Å². The molecule has 1 amide bonds. The van der Waals surface area contributed by atoms with Crippen LogP contribution in [0.1, 0.15) is 12.5 Å². The quantitative estimate of drug-likeness (QED) is 0.578. The normalized spacial score (nSPS) is 9.48. The molecule has 0 aliphatic heterocycles. The van der Waals surface area contributed by atoms with Crippen LogP contribution in [0.15, 0.2) is 66.9 Å². The van der Waals surface area contributed by atoms with Gasteiger partial charge in [0.25, 0.3) is 5.52 Å². The zero-order chi connectivity index (χ0) is 17.4. The minimum absolute atomic E-state index is 0. The van der Waals surface area contributed by atoms with Gasteiger partial charge in [-0.2, -0.15) is 4.57 Å². The summed E-state index contributed by atoms with van der Waals surface area (Å²) in [4.78, 5) is 9.38. The summed E-state index contributed by atoms with van der Waals surface area (Å²) in [6, 6.07) is 19.9. The highest BCUT2D eigenvalue weighted by Gasteiger charge is 2.12. The summed E-state index contributed by atoms with van der Waals surface area (Å²) < 4.78 is 2.07. The lowest BCUT2D eigenvalue weighted by atomic mass is 10.1. The lowest BCUT2D eigenvalue weighted by Gasteiger charge is -2.03. The number of rotatable bonds is 3. The maximum Gasteiger partial charge on any atom is 0.254 e. The topological polar surface area (TPSA) is 76.3 Å². The Morgan fingerprint density at radius 3 is 2.36 bits per heavy atom. The molecule has 6 heteroatoms. The first-order valence-electron chi connectivity index (χ1n) is 7.70. The van der Waals surface area contributed by atoms with E-state index in [9.17, 15) is 15.0 Å². The van der Waals surface area contributed by atoms with E-state index in [4.69, 9.17) is 0 Å². The molecule has 0 unspecified atom stereocenters. The number of carboxylic acid groups (broad SMARTS) is 1. The number of carbonyl (C=O) groups is 1. The molecular formula is C19H20ClN2O3-. The van der Waals surface area contributed by atoms with Gasteiger partial charge in [-0.05, 0) is 25.1 Å². The Morgan fingerprint density at radius 2 is 1.76 bits per heavy atom. The number of benzene rings is 2. The first-order chi connectivity index (χ1) is 11.6. The molecule has 0 atom stereocenters. The molecule has 0 aliphatic carbocycles. The molecule has 0 radical (unpaired) electrons. The number of aromatic nitrogens is 1. The zero-order valence-electron chi connectivity index (χ0n) is 13.9. The summed E-state index contributed by atoms with van der Waals surface area (Å²) in [6.45, 7) is 2.87. The van der Waals surface area contributed by atoms with Crippen molar-refractivity contribution in [1.82, 2.24) is 5.32 Å². The second-order valence-electron chi connectivity index (χ2n) is 5.15. The van der Waals surface area contributed by atoms with E-state index in [0.717, 1.165) is 17.4 Å². The van der Waals surface area contributed by atoms with Crippen LogP contribution in [-0.2, 0) is 6.54 Å². The van der Waals surface area contributed by atoms with Crippen LogP contribution in [-0.4, -0.2) is 17.7 Å². The number of aromatic hydroxyl groups is 1. The SMILES string of the molecule is CCNC(=O)[O-].Oc1cccc2ccc[n+](Cc3ccccc3)c12.[Cl-]. The van der Waals surface area contributed by atoms with Gasteiger partial charge in [0.1, 0.15) is 6.09 Å². The molecule has 0 saturated carbocycles. The zero-order valence-corrected chi connectivity index (χ0v) is 14.6. The number of nitrogens with one attached hydrogen (secondary N) is 1. The van der Waals surface area contributed by atoms with E-state index in [1.165, 1.54) is 5.56 Å². The molecule has 2 N–H and O–H groups in total. The second-order valence-corrected chi connectivity index (χ2v) is 5.15. The molecule has 1 heterocycles. The van der Waals surface area contributed by atoms with Gasteiger partial charge in [-0.3, -0.25) is 0 Å². The van der Waals surface area contributed by atoms with Gasteiger partial charge >= 0.3 is 0 Å². The van der Waals surface area contributed by atoms with E-state index in [2.05, 4.69) is 16.7 Å². The number of carbonyl (C=O) groups excluding carboxylic acids is 1. The Labute approximate surface area is 153 Å². The highest BCUT2D eigenvalue weighted by molar-refractivity contribution is 5.80. The third-order valence-corrected chi connectivity index (χ3v) is 3.39. The standard InChI is InChI=1S/C16H13NO.C3H7NO2.ClH/c18-15-10-4-8-14-9-5-11-17(16(14)15)12-13-6-2-1-3-7-13;1-2-4-3(5)6;/h1-11H,12H2;4H,2H2,1H3,(H,5,6);1H/p-1. The molecule has 3 rings (SSSR count). The van der Waals surface area contributed by atoms with Crippen molar-refractivity contribution < 1.29 is 32.0 Å². The fraction of sp³-hybridized carbons (Fsp3) is 0.158. The molecular weight excluding hydrogens is 340 g/mol. The van der Waals surface area contributed by atoms with Crippen LogP contribution in [0.3, 0.4) is 0 Å². The van der Waals surface area contributed by atoms with Crippen molar-refractivity contribution in [3.8, 4) is 5.75 Å². The minimum Gasteiger partial charge on any atom is -1.00 e. The summed E-state index contributed by atoms with van der Waals surface area (Å²) in [5.41, 5.74) is 2.10. The van der Waals surface area contributed by atoms with E-state index in [1.807, 2.05) is 54.0 Å². The lowest BCUT2D eigenvalue weighted by molar-refractivity contribution is -0.662. The number of hydrogen-bond acceptors (Lipinski definition) is 3. The maximum atomic E-state index is 10.0. The molecule has 1 aromatic heterocycles. The third kappa shape index (κ3) is 5.97. The van der Waals surface area contributed by atoms with Crippen molar-refractivity contribution in [3.05, 3.63) is 72.4 Å². The highest BCUT2D eigenvalue weighted by atomic mass is 35.5. The van der Waals surface area contributed by atoms with Gasteiger partial charge in [0, 0.05) is 18.2 Å². The Hall–Kier alpha value is -2.79. The predicted molar refractivity (Wildman–Crippen MR) is 90.4 cm³/mol. The molecule has 5 nitrogen and oxygen atoms in total. The van der Waals surface area contributed by atoms with Crippen molar-refractivity contribution in [2.24, 2.45) is 0 Å². The van der Waals surface area contributed by atoms with Crippen molar-refractivity contribution in [3.63, 3.8) is 0 Å². The van der Waals surface area contributed by atoms with Crippen LogP contribution >= 0.6 is 0 Å². The average Bonchev–Trinajstić information content (AvgIpc) is 2.56. The van der Waals surface area contributed by atoms with E-state index in [-0.39, 0.29) is 12.4 Å². The summed E-state index contributed by atoms with van der Waals surface area (Å²) in [5, 5.41) is 22.4. The van der Waals surface area contributed by atoms with Gasteiger partial charge < -0.3 is 32.7 Å². The molecule has 0 saturated heterocycles. The van der Waals surface area contributed by atoms with Crippen LogP contribution in [0.5, 0.6) is 5.75 Å². The molecule has 0 fully saturated rings. The molecule has 132 valence electrons. The molecule has 0 aliphatic rings. The van der Waals surface area contributed by atoms with Gasteiger partial charge in [-0.25, -0.2) is 0 Å². The highest BCUT2D eigenvalue weighted by Crippen LogP contribution is 2.20. The largest absolute Gasteiger partial charge is 1.00 e. The van der Waals surface area contributed by atoms with Crippen molar-refractivity contribution >= 4 is 17.0 Å². The van der Waals surface area contributed by atoms with Gasteiger partial charge in [-0.15, -0.1) is 0 Å². The first-order valence-corrected chi connectivity index (χ1v) is 7.70. The van der Waals surface area contributed by atoms with Gasteiger partial charge in [0.05, 0.1) is 5.39 Å². The molecule has 2 aromatic carbocycles. The van der Waals surface area contributed by atoms with Gasteiger partial charge in [0.2, 0.25) is 0 Å². The van der Waals surface area contributed by atoms with Crippen LogP contribution in [0, 0.1) is 0 Å². The summed E-state index contributed by atoms with van der Waals surface area (Å²) in [5.74, 6) is 0.323.